The molecule has 4 nitrogen and oxygen atoms in total. The van der Waals surface area contributed by atoms with Crippen LogP contribution in [-0.2, 0) is 0 Å². The molecule has 0 fully saturated rings. The minimum Gasteiger partial charge on any atom is -0.379 e. The second-order valence-corrected chi connectivity index (χ2v) is 4.73. The van der Waals surface area contributed by atoms with Crippen LogP contribution in [-0.4, -0.2) is 11.5 Å². The molecule has 18 heavy (non-hydrogen) atoms. The van der Waals surface area contributed by atoms with E-state index in [1.807, 2.05) is 0 Å². The molecule has 0 aliphatic carbocycles. The Morgan fingerprint density at radius 2 is 2.11 bits per heavy atom. The van der Waals surface area contributed by atoms with Gasteiger partial charge in [-0.3, -0.25) is 10.1 Å². The fourth-order valence-corrected chi connectivity index (χ4v) is 1.71. The molecule has 5 heteroatoms. The van der Waals surface area contributed by atoms with Crippen molar-refractivity contribution in [2.75, 3.05) is 11.9 Å². The van der Waals surface area contributed by atoms with E-state index in [0.717, 1.165) is 25.3 Å². The van der Waals surface area contributed by atoms with Crippen molar-refractivity contribution in [2.24, 2.45) is 5.92 Å². The first-order valence-electron chi connectivity index (χ1n) is 6.18. The van der Waals surface area contributed by atoms with Crippen molar-refractivity contribution in [1.82, 2.24) is 0 Å². The molecule has 0 bridgehead atoms. The quantitative estimate of drug-likeness (QED) is 0.455. The van der Waals surface area contributed by atoms with Crippen molar-refractivity contribution in [3.8, 4) is 0 Å². The summed E-state index contributed by atoms with van der Waals surface area (Å²) in [6, 6.07) is 3.45. The fourth-order valence-electron chi connectivity index (χ4n) is 1.71. The highest BCUT2D eigenvalue weighted by atomic mass is 19.1. The van der Waals surface area contributed by atoms with E-state index in [4.69, 9.17) is 0 Å². The molecule has 0 heterocycles. The molecule has 1 N–H and O–H groups in total. The maximum absolute atomic E-state index is 13.0. The fraction of sp³-hybridized carbons (Fsp3) is 0.538. The lowest BCUT2D eigenvalue weighted by molar-refractivity contribution is -0.384. The van der Waals surface area contributed by atoms with E-state index in [1.165, 1.54) is 12.1 Å². The van der Waals surface area contributed by atoms with Crippen molar-refractivity contribution < 1.29 is 9.31 Å². The van der Waals surface area contributed by atoms with Gasteiger partial charge in [0.05, 0.1) is 4.92 Å². The minimum atomic E-state index is -0.504. The molecule has 0 aliphatic heterocycles. The van der Waals surface area contributed by atoms with Crippen LogP contribution in [0.1, 0.15) is 33.1 Å². The van der Waals surface area contributed by atoms with Gasteiger partial charge < -0.3 is 5.32 Å². The molecule has 0 radical (unpaired) electrons. The van der Waals surface area contributed by atoms with Crippen LogP contribution in [0.2, 0.25) is 0 Å². The van der Waals surface area contributed by atoms with Gasteiger partial charge in [0.15, 0.2) is 0 Å². The van der Waals surface area contributed by atoms with Crippen LogP contribution in [0, 0.1) is 21.8 Å². The van der Waals surface area contributed by atoms with Gasteiger partial charge in [0.25, 0.3) is 5.69 Å². The molecule has 0 spiro atoms. The zero-order valence-electron chi connectivity index (χ0n) is 10.8. The summed E-state index contributed by atoms with van der Waals surface area (Å²) in [6.07, 6.45) is 3.12. The average Bonchev–Trinajstić information content (AvgIpc) is 2.27. The molecule has 1 aromatic rings. The van der Waals surface area contributed by atoms with E-state index < -0.39 is 10.7 Å². The summed E-state index contributed by atoms with van der Waals surface area (Å²) in [6.45, 7) is 4.94. The standard InChI is InChI=1S/C13H19FN2O2/c1-10(2)5-3-4-8-15-12-9-11(14)6-7-13(12)16(17)18/h6-7,9-10,15H,3-5,8H2,1-2H3. The molecule has 0 aliphatic rings. The number of nitro benzene ring substituents is 1. The van der Waals surface area contributed by atoms with Gasteiger partial charge >= 0.3 is 0 Å². The van der Waals surface area contributed by atoms with Crippen molar-refractivity contribution in [2.45, 2.75) is 33.1 Å². The Labute approximate surface area is 106 Å². The zero-order valence-corrected chi connectivity index (χ0v) is 10.8. The number of hydrogen-bond acceptors (Lipinski definition) is 3. The van der Waals surface area contributed by atoms with Crippen molar-refractivity contribution >= 4 is 11.4 Å². The van der Waals surface area contributed by atoms with Crippen LogP contribution >= 0.6 is 0 Å². The molecule has 100 valence electrons. The molecule has 0 atom stereocenters. The zero-order chi connectivity index (χ0) is 13.5. The Kier molecular flexibility index (Phi) is 5.55. The normalized spacial score (nSPS) is 10.7. The highest BCUT2D eigenvalue weighted by molar-refractivity contribution is 5.61. The summed E-state index contributed by atoms with van der Waals surface area (Å²) >= 11 is 0. The smallest absolute Gasteiger partial charge is 0.292 e. The number of benzene rings is 1. The topological polar surface area (TPSA) is 55.2 Å². The third-order valence-corrected chi connectivity index (χ3v) is 2.68. The molecule has 0 amide bonds. The van der Waals surface area contributed by atoms with E-state index in [-0.39, 0.29) is 11.4 Å². The average molecular weight is 254 g/mol. The lowest BCUT2D eigenvalue weighted by Crippen LogP contribution is -2.05. The van der Waals surface area contributed by atoms with Crippen LogP contribution in [0.4, 0.5) is 15.8 Å². The predicted octanol–water partition coefficient (Wildman–Crippen LogP) is 3.97. The van der Waals surface area contributed by atoms with Gasteiger partial charge in [-0.1, -0.05) is 26.7 Å². The summed E-state index contributed by atoms with van der Waals surface area (Å²) in [4.78, 5) is 10.3. The third-order valence-electron chi connectivity index (χ3n) is 2.68. The molecule has 1 rings (SSSR count). The first kappa shape index (κ1) is 14.4. The Bertz CT molecular complexity index is 408. The molecule has 0 unspecified atom stereocenters. The Morgan fingerprint density at radius 1 is 1.39 bits per heavy atom. The van der Waals surface area contributed by atoms with E-state index in [9.17, 15) is 14.5 Å². The maximum Gasteiger partial charge on any atom is 0.292 e. The molecule has 0 saturated carbocycles. The summed E-state index contributed by atoms with van der Waals surface area (Å²) in [5, 5.41) is 13.7. The molecular formula is C13H19FN2O2. The Balaban J connectivity index is 2.50. The molecule has 1 aromatic carbocycles. The highest BCUT2D eigenvalue weighted by Gasteiger charge is 2.13. The molecule has 0 saturated heterocycles. The summed E-state index contributed by atoms with van der Waals surface area (Å²) in [5.74, 6) is 0.193. The van der Waals surface area contributed by atoms with Gasteiger partial charge in [0.1, 0.15) is 11.5 Å². The number of halogens is 1. The first-order chi connectivity index (χ1) is 8.50. The lowest BCUT2D eigenvalue weighted by atomic mass is 10.1. The second kappa shape index (κ2) is 6.93. The number of nitrogens with one attached hydrogen (secondary N) is 1. The summed E-state index contributed by atoms with van der Waals surface area (Å²) in [7, 11) is 0. The molecular weight excluding hydrogens is 235 g/mol. The highest BCUT2D eigenvalue weighted by Crippen LogP contribution is 2.24. The number of rotatable bonds is 7. The Hall–Kier alpha value is -1.65. The van der Waals surface area contributed by atoms with Gasteiger partial charge in [0.2, 0.25) is 0 Å². The third kappa shape index (κ3) is 4.69. The molecule has 0 aromatic heterocycles. The minimum absolute atomic E-state index is 0.0831. The van der Waals surface area contributed by atoms with E-state index >= 15 is 0 Å². The van der Waals surface area contributed by atoms with Crippen LogP contribution in [0.15, 0.2) is 18.2 Å². The summed E-state index contributed by atoms with van der Waals surface area (Å²) in [5.41, 5.74) is 0.171. The van der Waals surface area contributed by atoms with Crippen molar-refractivity contribution in [1.29, 1.82) is 0 Å². The number of hydrogen-bond donors (Lipinski definition) is 1. The Morgan fingerprint density at radius 3 is 2.72 bits per heavy atom. The van der Waals surface area contributed by atoms with Gasteiger partial charge in [0, 0.05) is 18.7 Å². The number of nitrogens with zero attached hydrogens (tertiary/aromatic N) is 1. The lowest BCUT2D eigenvalue weighted by Gasteiger charge is -2.08. The summed E-state index contributed by atoms with van der Waals surface area (Å²) < 4.78 is 13.0. The van der Waals surface area contributed by atoms with Crippen LogP contribution in [0.5, 0.6) is 0 Å². The van der Waals surface area contributed by atoms with Crippen LogP contribution < -0.4 is 5.32 Å². The monoisotopic (exact) mass is 254 g/mol. The van der Waals surface area contributed by atoms with E-state index in [0.29, 0.717) is 12.5 Å². The number of anilines is 1. The maximum atomic E-state index is 13.0. The number of unbranched alkanes of at least 4 members (excludes halogenated alkanes) is 1. The van der Waals surface area contributed by atoms with Crippen LogP contribution in [0.3, 0.4) is 0 Å². The van der Waals surface area contributed by atoms with Gasteiger partial charge in [-0.25, -0.2) is 4.39 Å². The van der Waals surface area contributed by atoms with Gasteiger partial charge in [-0.05, 0) is 18.4 Å². The van der Waals surface area contributed by atoms with E-state index in [1.54, 1.807) is 0 Å². The van der Waals surface area contributed by atoms with Crippen molar-refractivity contribution in [3.05, 3.63) is 34.1 Å². The van der Waals surface area contributed by atoms with E-state index in [2.05, 4.69) is 19.2 Å². The second-order valence-electron chi connectivity index (χ2n) is 4.73. The van der Waals surface area contributed by atoms with Gasteiger partial charge in [-0.2, -0.15) is 0 Å². The van der Waals surface area contributed by atoms with Crippen LogP contribution in [0.25, 0.3) is 0 Å². The predicted molar refractivity (Wildman–Crippen MR) is 70.2 cm³/mol. The number of nitro groups is 1. The SMILES string of the molecule is CC(C)CCCCNc1cc(F)ccc1[N+](=O)[O-]. The van der Waals surface area contributed by atoms with Gasteiger partial charge in [-0.15, -0.1) is 0 Å². The van der Waals surface area contributed by atoms with Crippen molar-refractivity contribution in [3.63, 3.8) is 0 Å². The first-order valence-corrected chi connectivity index (χ1v) is 6.18. The largest absolute Gasteiger partial charge is 0.379 e.